The maximum Gasteiger partial charge on any atom is -0.0219 e. The van der Waals surface area contributed by atoms with Crippen LogP contribution in [0.25, 0.3) is 16.7 Å². The average molecular weight is 629 g/mol. The first-order valence-corrected chi connectivity index (χ1v) is 14.5. The van der Waals surface area contributed by atoms with Crippen molar-refractivity contribution in [3.8, 4) is 11.1 Å². The zero-order valence-corrected chi connectivity index (χ0v) is 28.1. The van der Waals surface area contributed by atoms with Crippen LogP contribution in [-0.4, -0.2) is 3.21 Å². The fourth-order valence-corrected chi connectivity index (χ4v) is 4.66. The summed E-state index contributed by atoms with van der Waals surface area (Å²) < 4.78 is 1.51. The molecule has 0 unspecified atom stereocenters. The summed E-state index contributed by atoms with van der Waals surface area (Å²) in [5, 5.41) is 4.24. The van der Waals surface area contributed by atoms with Crippen LogP contribution in [0.3, 0.4) is 0 Å². The van der Waals surface area contributed by atoms with Crippen molar-refractivity contribution in [3.05, 3.63) is 99.3 Å². The van der Waals surface area contributed by atoms with Crippen LogP contribution in [0, 0.1) is 12.1 Å². The van der Waals surface area contributed by atoms with Gasteiger partial charge in [-0.15, -0.1) is 17.2 Å². The van der Waals surface area contributed by atoms with Gasteiger partial charge in [0.05, 0.1) is 0 Å². The minimum atomic E-state index is 0. The van der Waals surface area contributed by atoms with Crippen LogP contribution in [0.4, 0.5) is 0 Å². The number of benzene rings is 2. The molecule has 2 aromatic carbocycles. The van der Waals surface area contributed by atoms with Crippen LogP contribution < -0.4 is 24.8 Å². The molecule has 0 amide bonds. The topological polar surface area (TPSA) is 0 Å². The number of allylic oxidation sites excluding steroid dienone is 4. The molecule has 1 aromatic heterocycles. The number of halogens is 2. The molecule has 2 aliphatic carbocycles. The Balaban J connectivity index is 0.000000358. The third-order valence-corrected chi connectivity index (χ3v) is 6.74. The number of hydrogen-bond donors (Lipinski definition) is 0. The van der Waals surface area contributed by atoms with Crippen LogP contribution in [0.5, 0.6) is 0 Å². The molecule has 37 heavy (non-hydrogen) atoms. The van der Waals surface area contributed by atoms with E-state index in [9.17, 15) is 0 Å². The van der Waals surface area contributed by atoms with Crippen LogP contribution in [0.15, 0.2) is 59.3 Å². The molecule has 1 heterocycles. The van der Waals surface area contributed by atoms with Crippen molar-refractivity contribution < 1.29 is 49.0 Å². The summed E-state index contributed by atoms with van der Waals surface area (Å²) in [6.07, 6.45) is 9.53. The number of hydrogen-bond acceptors (Lipinski definition) is 1. The van der Waals surface area contributed by atoms with Gasteiger partial charge in [-0.1, -0.05) is 94.2 Å². The molecular formula is C33H38Cl2SZr-2. The van der Waals surface area contributed by atoms with Gasteiger partial charge in [0.15, 0.2) is 0 Å². The molecule has 0 N–H and O–H groups in total. The molecule has 0 saturated carbocycles. The van der Waals surface area contributed by atoms with E-state index in [0.717, 1.165) is 12.8 Å². The second-order valence-corrected chi connectivity index (χ2v) is 14.8. The monoisotopic (exact) mass is 626 g/mol. The zero-order chi connectivity index (χ0) is 25.8. The molecule has 0 fully saturated rings. The molecule has 0 nitrogen and oxygen atoms in total. The third kappa shape index (κ3) is 9.58. The number of thiophene rings is 1. The van der Waals surface area contributed by atoms with E-state index in [1.807, 2.05) is 0 Å². The first kappa shape index (κ1) is 34.0. The summed E-state index contributed by atoms with van der Waals surface area (Å²) in [5.41, 5.74) is 11.3. The van der Waals surface area contributed by atoms with E-state index in [2.05, 4.69) is 127 Å². The number of rotatable bonds is 1. The van der Waals surface area contributed by atoms with E-state index in [-0.39, 0.29) is 35.6 Å². The summed E-state index contributed by atoms with van der Waals surface area (Å²) in [6.45, 7) is 17.9. The normalized spacial score (nSPS) is 13.0. The van der Waals surface area contributed by atoms with Crippen LogP contribution in [-0.2, 0) is 41.5 Å². The molecule has 5 rings (SSSR count). The quantitative estimate of drug-likeness (QED) is 0.284. The molecule has 0 radical (unpaired) electrons. The van der Waals surface area contributed by atoms with Gasteiger partial charge in [-0.25, -0.2) is 0 Å². The molecule has 0 spiro atoms. The Labute approximate surface area is 256 Å². The first-order chi connectivity index (χ1) is 16.4. The fourth-order valence-electron chi connectivity index (χ4n) is 4.01. The van der Waals surface area contributed by atoms with Gasteiger partial charge in [0, 0.05) is 0 Å². The van der Waals surface area contributed by atoms with Crippen LogP contribution in [0.1, 0.15) is 89.6 Å². The van der Waals surface area contributed by atoms with E-state index in [4.69, 9.17) is 0 Å². The zero-order valence-electron chi connectivity index (χ0n) is 23.4. The molecule has 0 saturated heterocycles. The summed E-state index contributed by atoms with van der Waals surface area (Å²) in [5.74, 6) is 0. The molecular weight excluding hydrogens is 591 g/mol. The minimum Gasteiger partial charge on any atom is -1.00 e. The van der Waals surface area contributed by atoms with Crippen molar-refractivity contribution >= 4 is 20.1 Å². The van der Waals surface area contributed by atoms with Crippen molar-refractivity contribution in [2.45, 2.75) is 79.1 Å². The van der Waals surface area contributed by atoms with Crippen LogP contribution >= 0.6 is 11.3 Å². The Kier molecular flexibility index (Phi) is 13.2. The fraction of sp³-hybridized carbons (Fsp3) is 0.364. The third-order valence-electron chi connectivity index (χ3n) is 6.05. The molecule has 196 valence electrons. The van der Waals surface area contributed by atoms with E-state index in [0.29, 0.717) is 0 Å². The maximum atomic E-state index is 3.53. The Morgan fingerprint density at radius 2 is 1.51 bits per heavy atom. The van der Waals surface area contributed by atoms with Crippen molar-refractivity contribution in [1.82, 2.24) is 0 Å². The predicted octanol–water partition coefficient (Wildman–Crippen LogP) is 3.30. The van der Waals surface area contributed by atoms with Gasteiger partial charge < -0.3 is 24.8 Å². The van der Waals surface area contributed by atoms with E-state index < -0.39 is 0 Å². The smallest absolute Gasteiger partial charge is 0.0219 e. The van der Waals surface area contributed by atoms with Gasteiger partial charge in [0.25, 0.3) is 0 Å². The largest absolute Gasteiger partial charge is 1.00 e. The minimum absolute atomic E-state index is 0. The van der Waals surface area contributed by atoms with Gasteiger partial charge in [-0.3, -0.25) is 0 Å². The average Bonchev–Trinajstić information content (AvgIpc) is 3.51. The second-order valence-electron chi connectivity index (χ2n) is 11.5. The predicted molar refractivity (Wildman–Crippen MR) is 152 cm³/mol. The second kappa shape index (κ2) is 14.4. The van der Waals surface area contributed by atoms with Gasteiger partial charge in [-0.05, 0) is 22.8 Å². The summed E-state index contributed by atoms with van der Waals surface area (Å²) in [7, 11) is 0. The van der Waals surface area contributed by atoms with E-state index in [1.54, 1.807) is 35.6 Å². The molecule has 0 atom stereocenters. The Bertz CT molecular complexity index is 1170. The SMILES string of the molecule is CC(C)(C)c1c[c-]c2c(c1)-c1cc(C(C)(C)C)ccc1C2.C[C](C)=[Zr+2].[C-]1=C(c2ccsc2)C=CC1.[Cl-].[Cl-]. The summed E-state index contributed by atoms with van der Waals surface area (Å²) in [4.78, 5) is 0. The Morgan fingerprint density at radius 1 is 0.892 bits per heavy atom. The van der Waals surface area contributed by atoms with Crippen LogP contribution in [0.2, 0.25) is 0 Å². The Morgan fingerprint density at radius 3 is 2.03 bits per heavy atom. The van der Waals surface area contributed by atoms with E-state index in [1.165, 1.54) is 47.7 Å². The molecule has 0 bridgehead atoms. The Hall–Kier alpha value is -1.05. The molecule has 4 heteroatoms. The molecule has 2 aliphatic rings. The summed E-state index contributed by atoms with van der Waals surface area (Å²) >= 11 is 3.29. The molecule has 0 aliphatic heterocycles. The van der Waals surface area contributed by atoms with E-state index >= 15 is 0 Å². The maximum absolute atomic E-state index is 3.53. The molecule has 3 aromatic rings. The standard InChI is InChI=1S/C21H25.C9H7S.C3H6.2ClH.Zr/c1-20(2,3)16-9-7-14-11-15-8-10-17(21(4,5)6)13-19(15)18(14)12-16;1-2-4-8(3-1)9-5-6-10-7-9;1-3-2;;;/h7,9-10,12-13H,11H2,1-6H3;1,3,5-7H,2H2;1-2H3;2*1H;/q2*-1;;;;+2/p-2. The first-order valence-electron chi connectivity index (χ1n) is 12.4. The van der Waals surface area contributed by atoms with Crippen molar-refractivity contribution in [2.24, 2.45) is 0 Å². The van der Waals surface area contributed by atoms with Crippen molar-refractivity contribution in [2.75, 3.05) is 0 Å². The van der Waals surface area contributed by atoms with Gasteiger partial charge in [0.1, 0.15) is 0 Å². The van der Waals surface area contributed by atoms with Crippen molar-refractivity contribution in [3.63, 3.8) is 0 Å². The summed E-state index contributed by atoms with van der Waals surface area (Å²) in [6, 6.07) is 17.2. The van der Waals surface area contributed by atoms with Gasteiger partial charge in [-0.2, -0.15) is 58.4 Å². The number of fused-ring (bicyclic) bond motifs is 3. The van der Waals surface area contributed by atoms with Crippen molar-refractivity contribution in [1.29, 1.82) is 0 Å². The van der Waals surface area contributed by atoms with Gasteiger partial charge >= 0.3 is 41.3 Å². The van der Waals surface area contributed by atoms with Gasteiger partial charge in [0.2, 0.25) is 0 Å².